The molecule has 1 saturated heterocycles. The normalized spacial score (nSPS) is 15.2. The molecular weight excluding hydrogens is 276 g/mol. The van der Waals surface area contributed by atoms with Crippen LogP contribution < -0.4 is 10.1 Å². The molecule has 0 aliphatic carbocycles. The number of nitrogens with zero attached hydrogens (tertiary/aromatic N) is 3. The molecule has 1 aliphatic rings. The summed E-state index contributed by atoms with van der Waals surface area (Å²) in [6, 6.07) is 9.50. The molecule has 22 heavy (non-hydrogen) atoms. The van der Waals surface area contributed by atoms with Crippen molar-refractivity contribution in [1.29, 1.82) is 0 Å². The quantitative estimate of drug-likeness (QED) is 0.881. The van der Waals surface area contributed by atoms with Crippen LogP contribution in [0.15, 0.2) is 36.5 Å². The Labute approximate surface area is 130 Å². The number of pyridine rings is 2. The minimum absolute atomic E-state index is 0.362. The molecule has 0 amide bonds. The lowest BCUT2D eigenvalue weighted by Gasteiger charge is -2.22. The topological polar surface area (TPSA) is 51.4 Å². The maximum Gasteiger partial charge on any atom is 0.213 e. The summed E-state index contributed by atoms with van der Waals surface area (Å²) in [6.45, 7) is 9.37. The molecule has 1 fully saturated rings. The summed E-state index contributed by atoms with van der Waals surface area (Å²) in [7, 11) is 0. The van der Waals surface area contributed by atoms with Crippen LogP contribution in [0, 0.1) is 6.57 Å². The smallest absolute Gasteiger partial charge is 0.213 e. The number of nitrogens with one attached hydrogen (secondary N) is 1. The van der Waals surface area contributed by atoms with Crippen molar-refractivity contribution in [3.05, 3.63) is 59.3 Å². The van der Waals surface area contributed by atoms with E-state index >= 15 is 0 Å². The average molecular weight is 294 g/mol. The number of piperidine rings is 1. The molecule has 3 heterocycles. The highest BCUT2D eigenvalue weighted by Crippen LogP contribution is 2.25. The maximum atomic E-state index is 6.91. The van der Waals surface area contributed by atoms with Crippen molar-refractivity contribution >= 4 is 5.69 Å². The molecule has 112 valence electrons. The Morgan fingerprint density at radius 2 is 2.09 bits per heavy atom. The first-order chi connectivity index (χ1) is 10.8. The van der Waals surface area contributed by atoms with E-state index in [4.69, 9.17) is 11.3 Å². The van der Waals surface area contributed by atoms with E-state index in [0.29, 0.717) is 24.1 Å². The van der Waals surface area contributed by atoms with E-state index in [2.05, 4.69) is 26.2 Å². The monoisotopic (exact) mass is 294 g/mol. The molecule has 1 N–H and O–H groups in total. The fraction of sp³-hybridized carbons (Fsp3) is 0.353. The Kier molecular flexibility index (Phi) is 4.62. The van der Waals surface area contributed by atoms with Crippen LogP contribution in [-0.4, -0.2) is 23.1 Å². The van der Waals surface area contributed by atoms with Gasteiger partial charge in [-0.05, 0) is 38.1 Å². The van der Waals surface area contributed by atoms with Crippen LogP contribution in [0.5, 0.6) is 5.88 Å². The molecule has 2 aromatic rings. The molecular formula is C17H18N4O. The van der Waals surface area contributed by atoms with Crippen molar-refractivity contribution < 1.29 is 4.74 Å². The van der Waals surface area contributed by atoms with Gasteiger partial charge in [-0.2, -0.15) is 0 Å². The molecule has 5 heteroatoms. The van der Waals surface area contributed by atoms with Gasteiger partial charge in [-0.15, -0.1) is 0 Å². The van der Waals surface area contributed by atoms with Gasteiger partial charge in [0.2, 0.25) is 11.6 Å². The van der Waals surface area contributed by atoms with Crippen molar-refractivity contribution in [2.75, 3.05) is 13.1 Å². The fourth-order valence-electron chi connectivity index (χ4n) is 2.57. The van der Waals surface area contributed by atoms with E-state index in [0.717, 1.165) is 37.3 Å². The Balaban J connectivity index is 1.63. The van der Waals surface area contributed by atoms with E-state index in [1.807, 2.05) is 18.2 Å². The number of hydrogen-bond donors (Lipinski definition) is 1. The van der Waals surface area contributed by atoms with Crippen molar-refractivity contribution in [3.8, 4) is 5.88 Å². The van der Waals surface area contributed by atoms with Crippen LogP contribution >= 0.6 is 0 Å². The fourth-order valence-corrected chi connectivity index (χ4v) is 2.57. The van der Waals surface area contributed by atoms with Gasteiger partial charge < -0.3 is 10.1 Å². The molecule has 1 aliphatic heterocycles. The molecule has 0 radical (unpaired) electrons. The second kappa shape index (κ2) is 7.01. The lowest BCUT2D eigenvalue weighted by molar-refractivity contribution is 0.287. The summed E-state index contributed by atoms with van der Waals surface area (Å²) in [5, 5.41) is 3.37. The van der Waals surface area contributed by atoms with Gasteiger partial charge in [-0.3, -0.25) is 4.98 Å². The van der Waals surface area contributed by atoms with Gasteiger partial charge >= 0.3 is 0 Å². The Morgan fingerprint density at radius 3 is 2.82 bits per heavy atom. The highest BCUT2D eigenvalue weighted by Gasteiger charge is 2.16. The van der Waals surface area contributed by atoms with Crippen LogP contribution in [0.4, 0.5) is 5.69 Å². The number of ether oxygens (including phenoxy) is 1. The first-order valence-electron chi connectivity index (χ1n) is 7.48. The summed E-state index contributed by atoms with van der Waals surface area (Å²) in [4.78, 5) is 12.1. The van der Waals surface area contributed by atoms with E-state index in [-0.39, 0.29) is 0 Å². The summed E-state index contributed by atoms with van der Waals surface area (Å²) in [5.74, 6) is 1.15. The summed E-state index contributed by atoms with van der Waals surface area (Å²) in [6.07, 6.45) is 3.80. The minimum atomic E-state index is 0.362. The summed E-state index contributed by atoms with van der Waals surface area (Å²) in [5.41, 5.74) is 2.44. The minimum Gasteiger partial charge on any atom is -0.471 e. The first kappa shape index (κ1) is 14.5. The zero-order valence-electron chi connectivity index (χ0n) is 12.3. The van der Waals surface area contributed by atoms with Gasteiger partial charge in [0.05, 0.1) is 12.3 Å². The Hall–Kier alpha value is -2.45. The lowest BCUT2D eigenvalue weighted by Crippen LogP contribution is -2.27. The van der Waals surface area contributed by atoms with Crippen LogP contribution in [-0.2, 0) is 6.61 Å². The standard InChI is InChI=1S/C17H18N4O/c1-18-14-5-6-15(20-11-14)12-22-17-4-2-3-16(21-17)13-7-9-19-10-8-13/h2-6,11,13,19H,7-10,12H2. The third-order valence-electron chi connectivity index (χ3n) is 3.81. The van der Waals surface area contributed by atoms with Crippen molar-refractivity contribution in [3.63, 3.8) is 0 Å². The van der Waals surface area contributed by atoms with E-state index in [1.54, 1.807) is 12.3 Å². The lowest BCUT2D eigenvalue weighted by atomic mass is 9.94. The van der Waals surface area contributed by atoms with E-state index in [9.17, 15) is 0 Å². The van der Waals surface area contributed by atoms with Crippen molar-refractivity contribution in [2.45, 2.75) is 25.4 Å². The van der Waals surface area contributed by atoms with E-state index in [1.165, 1.54) is 0 Å². The molecule has 0 saturated carbocycles. The van der Waals surface area contributed by atoms with Crippen LogP contribution in [0.25, 0.3) is 4.85 Å². The van der Waals surface area contributed by atoms with Gasteiger partial charge in [-0.25, -0.2) is 9.83 Å². The molecule has 0 bridgehead atoms. The van der Waals surface area contributed by atoms with Crippen LogP contribution in [0.2, 0.25) is 0 Å². The van der Waals surface area contributed by atoms with Crippen molar-refractivity contribution in [1.82, 2.24) is 15.3 Å². The van der Waals surface area contributed by atoms with Gasteiger partial charge in [-0.1, -0.05) is 12.1 Å². The van der Waals surface area contributed by atoms with Gasteiger partial charge in [0, 0.05) is 23.9 Å². The molecule has 0 atom stereocenters. The molecule has 2 aromatic heterocycles. The number of aromatic nitrogens is 2. The predicted molar refractivity (Wildman–Crippen MR) is 83.9 cm³/mol. The highest BCUT2D eigenvalue weighted by molar-refractivity contribution is 5.41. The maximum absolute atomic E-state index is 6.91. The van der Waals surface area contributed by atoms with Gasteiger partial charge in [0.1, 0.15) is 6.61 Å². The third kappa shape index (κ3) is 3.60. The Morgan fingerprint density at radius 1 is 1.23 bits per heavy atom. The second-order valence-corrected chi connectivity index (χ2v) is 5.33. The zero-order chi connectivity index (χ0) is 15.2. The van der Waals surface area contributed by atoms with Crippen LogP contribution in [0.1, 0.15) is 30.1 Å². The van der Waals surface area contributed by atoms with Gasteiger partial charge in [0.15, 0.2) is 0 Å². The second-order valence-electron chi connectivity index (χ2n) is 5.33. The van der Waals surface area contributed by atoms with Gasteiger partial charge in [0.25, 0.3) is 0 Å². The first-order valence-corrected chi connectivity index (χ1v) is 7.48. The highest BCUT2D eigenvalue weighted by atomic mass is 16.5. The molecule has 0 spiro atoms. The molecule has 0 unspecified atom stereocenters. The zero-order valence-corrected chi connectivity index (χ0v) is 12.3. The predicted octanol–water partition coefficient (Wildman–Crippen LogP) is 3.07. The SMILES string of the molecule is [C-]#[N+]c1ccc(COc2cccc(C3CCNCC3)n2)nc1. The number of rotatable bonds is 4. The van der Waals surface area contributed by atoms with E-state index < -0.39 is 0 Å². The number of hydrogen-bond acceptors (Lipinski definition) is 4. The summed E-state index contributed by atoms with van der Waals surface area (Å²) < 4.78 is 5.73. The molecule has 3 rings (SSSR count). The van der Waals surface area contributed by atoms with Crippen molar-refractivity contribution in [2.24, 2.45) is 0 Å². The Bertz CT molecular complexity index is 657. The summed E-state index contributed by atoms with van der Waals surface area (Å²) >= 11 is 0. The largest absolute Gasteiger partial charge is 0.471 e. The molecule has 0 aromatic carbocycles. The average Bonchev–Trinajstić information content (AvgIpc) is 2.61. The molecule has 5 nitrogen and oxygen atoms in total. The third-order valence-corrected chi connectivity index (χ3v) is 3.81. The van der Waals surface area contributed by atoms with Crippen LogP contribution in [0.3, 0.4) is 0 Å².